The summed E-state index contributed by atoms with van der Waals surface area (Å²) in [6.07, 6.45) is -4.74. The molecule has 0 amide bonds. The van der Waals surface area contributed by atoms with Gasteiger partial charge >= 0.3 is 6.36 Å². The lowest BCUT2D eigenvalue weighted by molar-refractivity contribution is -0.274. The molecule has 0 aliphatic carbocycles. The van der Waals surface area contributed by atoms with Crippen LogP contribution in [-0.4, -0.2) is 12.3 Å². The number of benzene rings is 2. The summed E-state index contributed by atoms with van der Waals surface area (Å²) in [6.45, 7) is 0.172. The van der Waals surface area contributed by atoms with Gasteiger partial charge in [-0.3, -0.25) is 0 Å². The van der Waals surface area contributed by atoms with Crippen LogP contribution in [0.4, 0.5) is 23.2 Å². The van der Waals surface area contributed by atoms with Crippen molar-refractivity contribution in [3.8, 4) is 5.75 Å². The van der Waals surface area contributed by atoms with Crippen LogP contribution in [-0.2, 0) is 6.54 Å². The van der Waals surface area contributed by atoms with Crippen LogP contribution in [0.2, 0.25) is 0 Å². The van der Waals surface area contributed by atoms with Crippen molar-refractivity contribution >= 4 is 35.6 Å². The number of anilines is 1. The molecule has 0 heterocycles. The Labute approximate surface area is 152 Å². The Morgan fingerprint density at radius 2 is 1.79 bits per heavy atom. The van der Waals surface area contributed by atoms with Crippen molar-refractivity contribution in [1.29, 1.82) is 0 Å². The number of halogens is 5. The number of ether oxygens (including phenoxy) is 1. The molecule has 0 aromatic heterocycles. The Kier molecular flexibility index (Phi) is 7.26. The minimum atomic E-state index is -4.74. The summed E-state index contributed by atoms with van der Waals surface area (Å²) in [4.78, 5) is 4.02. The van der Waals surface area contributed by atoms with E-state index in [1.54, 1.807) is 12.1 Å². The molecule has 2 aromatic carbocycles. The lowest BCUT2D eigenvalue weighted by Crippen LogP contribution is -2.22. The summed E-state index contributed by atoms with van der Waals surface area (Å²) in [5.74, 6) is -0.651. The maximum absolute atomic E-state index is 13.0. The first kappa shape index (κ1) is 20.0. The molecule has 130 valence electrons. The highest BCUT2D eigenvalue weighted by Crippen LogP contribution is 2.23. The second-order valence-electron chi connectivity index (χ2n) is 4.53. The van der Waals surface area contributed by atoms with E-state index in [1.165, 1.54) is 24.3 Å². The van der Waals surface area contributed by atoms with Gasteiger partial charge in [-0.05, 0) is 42.0 Å². The van der Waals surface area contributed by atoms with Crippen LogP contribution in [0.1, 0.15) is 5.56 Å². The standard InChI is InChI=1S/C15H13F4N3O.HI/c16-11-3-1-2-10(8-11)9-21-14(20)22-12-4-6-13(7-5-12)23-15(17,18)19;/h1-8H,9H2,(H3,20,21,22);1H. The van der Waals surface area contributed by atoms with Crippen molar-refractivity contribution in [1.82, 2.24) is 0 Å². The normalized spacial score (nSPS) is 11.6. The van der Waals surface area contributed by atoms with Gasteiger partial charge in [0, 0.05) is 5.69 Å². The van der Waals surface area contributed by atoms with Gasteiger partial charge in [0.15, 0.2) is 5.96 Å². The fourth-order valence-electron chi connectivity index (χ4n) is 1.74. The van der Waals surface area contributed by atoms with E-state index >= 15 is 0 Å². The number of alkyl halides is 3. The third-order valence-electron chi connectivity index (χ3n) is 2.68. The lowest BCUT2D eigenvalue weighted by Gasteiger charge is -2.10. The minimum Gasteiger partial charge on any atom is -0.406 e. The molecule has 0 fully saturated rings. The van der Waals surface area contributed by atoms with Crippen LogP contribution in [0.5, 0.6) is 5.75 Å². The molecule has 0 radical (unpaired) electrons. The molecular formula is C15H14F4IN3O. The van der Waals surface area contributed by atoms with Crippen LogP contribution in [0.3, 0.4) is 0 Å². The number of hydrogen-bond acceptors (Lipinski definition) is 2. The van der Waals surface area contributed by atoms with Crippen LogP contribution in [0, 0.1) is 5.82 Å². The summed E-state index contributed by atoms with van der Waals surface area (Å²) in [5, 5.41) is 2.71. The Morgan fingerprint density at radius 1 is 1.12 bits per heavy atom. The van der Waals surface area contributed by atoms with Gasteiger partial charge in [0.2, 0.25) is 0 Å². The van der Waals surface area contributed by atoms with Crippen molar-refractivity contribution in [3.05, 3.63) is 59.9 Å². The van der Waals surface area contributed by atoms with Crippen LogP contribution < -0.4 is 15.8 Å². The zero-order valence-corrected chi connectivity index (χ0v) is 14.5. The molecular weight excluding hydrogens is 441 g/mol. The van der Waals surface area contributed by atoms with Gasteiger partial charge in [0.25, 0.3) is 0 Å². The maximum Gasteiger partial charge on any atom is 0.573 e. The van der Waals surface area contributed by atoms with Crippen molar-refractivity contribution in [2.24, 2.45) is 10.7 Å². The van der Waals surface area contributed by atoms with Crippen molar-refractivity contribution in [2.75, 3.05) is 5.32 Å². The van der Waals surface area contributed by atoms with Gasteiger partial charge in [0.1, 0.15) is 11.6 Å². The monoisotopic (exact) mass is 455 g/mol. The second-order valence-corrected chi connectivity index (χ2v) is 4.53. The average molecular weight is 455 g/mol. The smallest absolute Gasteiger partial charge is 0.406 e. The van der Waals surface area contributed by atoms with E-state index in [0.717, 1.165) is 12.1 Å². The van der Waals surface area contributed by atoms with Gasteiger partial charge in [-0.2, -0.15) is 0 Å². The SMILES string of the molecule is I.NC(=NCc1cccc(F)c1)Nc1ccc(OC(F)(F)F)cc1. The molecule has 0 saturated carbocycles. The summed E-state index contributed by atoms with van der Waals surface area (Å²) < 4.78 is 52.9. The number of nitrogens with zero attached hydrogens (tertiary/aromatic N) is 1. The minimum absolute atomic E-state index is 0. The molecule has 3 N–H and O–H groups in total. The first-order valence-electron chi connectivity index (χ1n) is 6.49. The van der Waals surface area contributed by atoms with E-state index in [1.807, 2.05) is 0 Å². The number of rotatable bonds is 4. The number of aliphatic imine (C=N–C) groups is 1. The molecule has 0 spiro atoms. The largest absolute Gasteiger partial charge is 0.573 e. The second kappa shape index (κ2) is 8.71. The van der Waals surface area contributed by atoms with Crippen molar-refractivity contribution < 1.29 is 22.3 Å². The number of hydrogen-bond donors (Lipinski definition) is 2. The fraction of sp³-hybridized carbons (Fsp3) is 0.133. The van der Waals surface area contributed by atoms with Crippen molar-refractivity contribution in [3.63, 3.8) is 0 Å². The highest BCUT2D eigenvalue weighted by atomic mass is 127. The first-order valence-corrected chi connectivity index (χ1v) is 6.49. The van der Waals surface area contributed by atoms with Gasteiger partial charge in [-0.15, -0.1) is 37.1 Å². The molecule has 0 bridgehead atoms. The van der Waals surface area contributed by atoms with Gasteiger partial charge in [-0.25, -0.2) is 9.38 Å². The Bertz CT molecular complexity index is 690. The van der Waals surface area contributed by atoms with Crippen molar-refractivity contribution in [2.45, 2.75) is 12.9 Å². The molecule has 4 nitrogen and oxygen atoms in total. The molecule has 0 atom stereocenters. The van der Waals surface area contributed by atoms with E-state index in [2.05, 4.69) is 15.0 Å². The van der Waals surface area contributed by atoms with E-state index in [9.17, 15) is 17.6 Å². The predicted molar refractivity (Wildman–Crippen MR) is 93.9 cm³/mol. The average Bonchev–Trinajstić information content (AvgIpc) is 2.46. The quantitative estimate of drug-likeness (QED) is 0.314. The zero-order chi connectivity index (χ0) is 16.9. The van der Waals surface area contributed by atoms with Crippen LogP contribution >= 0.6 is 24.0 Å². The number of nitrogens with two attached hydrogens (primary N) is 1. The lowest BCUT2D eigenvalue weighted by atomic mass is 10.2. The number of nitrogens with one attached hydrogen (secondary N) is 1. The molecule has 0 unspecified atom stereocenters. The molecule has 0 aliphatic rings. The topological polar surface area (TPSA) is 59.6 Å². The van der Waals surface area contributed by atoms with E-state index in [0.29, 0.717) is 11.3 Å². The summed E-state index contributed by atoms with van der Waals surface area (Å²) in [6, 6.07) is 10.9. The van der Waals surface area contributed by atoms with E-state index in [4.69, 9.17) is 5.73 Å². The third kappa shape index (κ3) is 7.02. The molecule has 2 rings (SSSR count). The van der Waals surface area contributed by atoms with E-state index < -0.39 is 6.36 Å². The summed E-state index contributed by atoms with van der Waals surface area (Å²) in [7, 11) is 0. The maximum atomic E-state index is 13.0. The Balaban J connectivity index is 0.00000288. The van der Waals surface area contributed by atoms with Crippen LogP contribution in [0.15, 0.2) is 53.5 Å². The fourth-order valence-corrected chi connectivity index (χ4v) is 1.74. The van der Waals surface area contributed by atoms with Gasteiger partial charge in [0.05, 0.1) is 6.54 Å². The summed E-state index contributed by atoms with van der Waals surface area (Å²) >= 11 is 0. The Hall–Kier alpha value is -2.04. The number of guanidine groups is 1. The molecule has 9 heteroatoms. The Morgan fingerprint density at radius 3 is 2.38 bits per heavy atom. The van der Waals surface area contributed by atoms with Gasteiger partial charge < -0.3 is 15.8 Å². The van der Waals surface area contributed by atoms with E-state index in [-0.39, 0.29) is 48.0 Å². The summed E-state index contributed by atoms with van der Waals surface area (Å²) in [5.41, 5.74) is 6.75. The zero-order valence-electron chi connectivity index (χ0n) is 12.2. The molecule has 0 aliphatic heterocycles. The van der Waals surface area contributed by atoms with Crippen LogP contribution in [0.25, 0.3) is 0 Å². The van der Waals surface area contributed by atoms with Gasteiger partial charge in [-0.1, -0.05) is 12.1 Å². The highest BCUT2D eigenvalue weighted by Gasteiger charge is 2.30. The first-order chi connectivity index (χ1) is 10.8. The molecule has 0 saturated heterocycles. The third-order valence-corrected chi connectivity index (χ3v) is 2.68. The molecule has 24 heavy (non-hydrogen) atoms. The molecule has 2 aromatic rings. The predicted octanol–water partition coefficient (Wildman–Crippen LogP) is 4.27. The highest BCUT2D eigenvalue weighted by molar-refractivity contribution is 14.0.